The van der Waals surface area contributed by atoms with E-state index in [9.17, 15) is 0 Å². The van der Waals surface area contributed by atoms with Crippen molar-refractivity contribution in [1.82, 2.24) is 4.57 Å². The zero-order valence-electron chi connectivity index (χ0n) is 46.9. The Bertz CT molecular complexity index is 3840. The zero-order chi connectivity index (χ0) is 52.9. The highest BCUT2D eigenvalue weighted by Crippen LogP contribution is 2.50. The summed E-state index contributed by atoms with van der Waals surface area (Å²) in [4.78, 5) is 5.11. The molecule has 0 spiro atoms. The number of hydrogen-bond acceptors (Lipinski definition) is 3. The second-order valence-corrected chi connectivity index (χ2v) is 26.8. The summed E-state index contributed by atoms with van der Waals surface area (Å²) in [6.45, 7) is 34.8. The van der Waals surface area contributed by atoms with Crippen LogP contribution in [-0.2, 0) is 27.1 Å². The quantitative estimate of drug-likeness (QED) is 0.161. The summed E-state index contributed by atoms with van der Waals surface area (Å²) < 4.78 is 9.62. The Labute approximate surface area is 446 Å². The summed E-state index contributed by atoms with van der Waals surface area (Å²) >= 11 is 0. The maximum atomic E-state index is 7.03. The molecule has 2 aliphatic rings. The SMILES string of the molecule is CC(C)(C)c1ccc(N(c2ccc(C(C)(C)C)cc2)c2ccc3c(c2)N(c2ccc(C(C)(C)C)cc2-c2ccccc2)c2cc(C(C)(C)C)cc4c2B3c2cc(C(C)(C)C)cc3c5oc6ccccc6c5n-4c23)cc1. The molecule has 8 aromatic carbocycles. The average molecular weight is 982 g/mol. The number of hydrogen-bond donors (Lipinski definition) is 0. The lowest BCUT2D eigenvalue weighted by Gasteiger charge is -2.43. The molecule has 0 N–H and O–H groups in total. The molecular weight excluding hydrogens is 910 g/mol. The van der Waals surface area contributed by atoms with Gasteiger partial charge in [-0.25, -0.2) is 0 Å². The Kier molecular flexibility index (Phi) is 10.8. The summed E-state index contributed by atoms with van der Waals surface area (Å²) in [6, 6.07) is 62.8. The molecule has 0 saturated carbocycles. The van der Waals surface area contributed by atoms with Crippen LogP contribution in [0, 0.1) is 0 Å². The Morgan fingerprint density at radius 1 is 0.387 bits per heavy atom. The van der Waals surface area contributed by atoms with Crippen LogP contribution in [-0.4, -0.2) is 11.3 Å². The maximum absolute atomic E-state index is 7.03. The fourth-order valence-corrected chi connectivity index (χ4v) is 11.9. The molecule has 0 saturated heterocycles. The summed E-state index contributed by atoms with van der Waals surface area (Å²) in [5.74, 6) is 0. The van der Waals surface area contributed by atoms with Gasteiger partial charge in [-0.15, -0.1) is 0 Å². The van der Waals surface area contributed by atoms with Crippen LogP contribution in [0.3, 0.4) is 0 Å². The van der Waals surface area contributed by atoms with Crippen molar-refractivity contribution >= 4 is 90.2 Å². The average Bonchev–Trinajstić information content (AvgIpc) is 3.89. The third kappa shape index (κ3) is 7.94. The van der Waals surface area contributed by atoms with E-state index in [4.69, 9.17) is 4.42 Å². The van der Waals surface area contributed by atoms with Crippen molar-refractivity contribution in [3.63, 3.8) is 0 Å². The van der Waals surface area contributed by atoms with Gasteiger partial charge in [-0.2, -0.15) is 0 Å². The lowest BCUT2D eigenvalue weighted by atomic mass is 9.33. The van der Waals surface area contributed by atoms with Gasteiger partial charge in [0.25, 0.3) is 6.71 Å². The molecule has 2 aromatic heterocycles. The molecule has 10 aromatic rings. The third-order valence-electron chi connectivity index (χ3n) is 16.3. The van der Waals surface area contributed by atoms with E-state index in [1.54, 1.807) is 0 Å². The van der Waals surface area contributed by atoms with Gasteiger partial charge < -0.3 is 18.8 Å². The first-order valence-electron chi connectivity index (χ1n) is 27.2. The molecule has 376 valence electrons. The van der Waals surface area contributed by atoms with Crippen molar-refractivity contribution < 1.29 is 4.42 Å². The highest BCUT2D eigenvalue weighted by Gasteiger charge is 2.45. The minimum atomic E-state index is -0.178. The largest absolute Gasteiger partial charge is 0.454 e. The molecule has 5 heteroatoms. The highest BCUT2D eigenvalue weighted by molar-refractivity contribution is 7.00. The summed E-state index contributed by atoms with van der Waals surface area (Å²) in [5.41, 5.74) is 24.8. The second kappa shape index (κ2) is 16.6. The molecule has 0 bridgehead atoms. The number of anilines is 6. The van der Waals surface area contributed by atoms with E-state index < -0.39 is 0 Å². The van der Waals surface area contributed by atoms with Gasteiger partial charge in [0, 0.05) is 50.5 Å². The summed E-state index contributed by atoms with van der Waals surface area (Å²) in [7, 11) is 0. The molecule has 0 radical (unpaired) electrons. The second-order valence-electron chi connectivity index (χ2n) is 26.8. The fraction of sp³-hybridized carbons (Fsp3) is 0.286. The smallest absolute Gasteiger partial charge is 0.252 e. The van der Waals surface area contributed by atoms with Crippen LogP contribution in [0.25, 0.3) is 49.8 Å². The third-order valence-corrected chi connectivity index (χ3v) is 16.3. The topological polar surface area (TPSA) is 24.6 Å². The molecule has 0 aliphatic carbocycles. The van der Waals surface area contributed by atoms with Gasteiger partial charge in [0.2, 0.25) is 0 Å². The van der Waals surface area contributed by atoms with Crippen molar-refractivity contribution in [2.75, 3.05) is 9.80 Å². The first kappa shape index (κ1) is 48.7. The number of aromatic nitrogens is 1. The van der Waals surface area contributed by atoms with Crippen molar-refractivity contribution in [2.45, 2.75) is 131 Å². The van der Waals surface area contributed by atoms with Crippen LogP contribution in [0.4, 0.5) is 34.1 Å². The van der Waals surface area contributed by atoms with Gasteiger partial charge >= 0.3 is 0 Å². The molecule has 75 heavy (non-hydrogen) atoms. The summed E-state index contributed by atoms with van der Waals surface area (Å²) in [6.07, 6.45) is 0. The lowest BCUT2D eigenvalue weighted by molar-refractivity contribution is 0.589. The van der Waals surface area contributed by atoms with Crippen LogP contribution in [0.15, 0.2) is 168 Å². The van der Waals surface area contributed by atoms with Gasteiger partial charge in [-0.1, -0.05) is 189 Å². The van der Waals surface area contributed by atoms with Crippen LogP contribution >= 0.6 is 0 Å². The van der Waals surface area contributed by atoms with Gasteiger partial charge in [-0.3, -0.25) is 0 Å². The van der Waals surface area contributed by atoms with Crippen LogP contribution < -0.4 is 26.2 Å². The molecule has 0 fully saturated rings. The molecule has 12 rings (SSSR count). The van der Waals surface area contributed by atoms with E-state index >= 15 is 0 Å². The number of benzene rings is 8. The van der Waals surface area contributed by atoms with Crippen LogP contribution in [0.2, 0.25) is 0 Å². The van der Waals surface area contributed by atoms with Crippen molar-refractivity contribution in [3.05, 3.63) is 192 Å². The first-order chi connectivity index (χ1) is 35.4. The molecule has 0 amide bonds. The van der Waals surface area contributed by atoms with E-state index in [0.29, 0.717) is 0 Å². The molecule has 4 heterocycles. The fourth-order valence-electron chi connectivity index (χ4n) is 11.9. The van der Waals surface area contributed by atoms with Crippen LogP contribution in [0.1, 0.15) is 132 Å². The van der Waals surface area contributed by atoms with Crippen molar-refractivity contribution in [1.29, 1.82) is 0 Å². The first-order valence-corrected chi connectivity index (χ1v) is 27.2. The Morgan fingerprint density at radius 2 is 0.920 bits per heavy atom. The lowest BCUT2D eigenvalue weighted by Crippen LogP contribution is -2.60. The minimum Gasteiger partial charge on any atom is -0.454 e. The maximum Gasteiger partial charge on any atom is 0.252 e. The normalized spacial score (nSPS) is 13.7. The van der Waals surface area contributed by atoms with E-state index in [1.807, 2.05) is 0 Å². The van der Waals surface area contributed by atoms with Gasteiger partial charge in [0.05, 0.1) is 11.2 Å². The molecular formula is C70H72BN3O. The number of para-hydroxylation sites is 1. The molecule has 2 aliphatic heterocycles. The Hall–Kier alpha value is -7.24. The van der Waals surface area contributed by atoms with E-state index in [1.165, 1.54) is 83.3 Å². The number of fused-ring (bicyclic) bond motifs is 9. The standard InChI is InChI=1S/C70H72BN3O/c1-66(2,3)44-25-30-49(31-26-44)72(50-32-27-45(28-33-50)67(4,5)6)51-34-35-55-58(42-51)73(57-36-29-46(68(7,8)9)37-53(57)43-21-17-16-18-22-43)59-40-48(70(13,14)15)41-60-62(59)71(55)56-39-47(69(10,11)12)38-54-63(56)74(60)64-52-23-19-20-24-61(52)75-65(54)64/h16-42H,1-15H3. The molecule has 4 nitrogen and oxygen atoms in total. The molecule has 0 unspecified atom stereocenters. The number of furan rings is 1. The van der Waals surface area contributed by atoms with Crippen LogP contribution in [0.5, 0.6) is 0 Å². The Morgan fingerprint density at radius 3 is 1.52 bits per heavy atom. The van der Waals surface area contributed by atoms with Gasteiger partial charge in [-0.05, 0) is 156 Å². The van der Waals surface area contributed by atoms with Gasteiger partial charge in [0.1, 0.15) is 11.1 Å². The van der Waals surface area contributed by atoms with E-state index in [2.05, 4.69) is 282 Å². The number of rotatable bonds is 5. The van der Waals surface area contributed by atoms with Crippen molar-refractivity contribution in [3.8, 4) is 16.8 Å². The zero-order valence-corrected chi connectivity index (χ0v) is 46.9. The van der Waals surface area contributed by atoms with E-state index in [-0.39, 0.29) is 33.8 Å². The highest BCUT2D eigenvalue weighted by atomic mass is 16.3. The predicted octanol–water partition coefficient (Wildman–Crippen LogP) is 17.8. The van der Waals surface area contributed by atoms with E-state index in [0.717, 1.165) is 44.8 Å². The van der Waals surface area contributed by atoms with Crippen molar-refractivity contribution in [2.24, 2.45) is 0 Å². The molecule has 0 atom stereocenters. The minimum absolute atomic E-state index is 0.0203. The monoisotopic (exact) mass is 982 g/mol. The number of nitrogens with zero attached hydrogens (tertiary/aromatic N) is 3. The van der Waals surface area contributed by atoms with Gasteiger partial charge in [0.15, 0.2) is 5.58 Å². The Balaban J connectivity index is 1.23. The predicted molar refractivity (Wildman–Crippen MR) is 324 cm³/mol. The summed E-state index contributed by atoms with van der Waals surface area (Å²) in [5, 5.41) is 2.30.